The maximum absolute atomic E-state index is 11.9. The zero-order valence-electron chi connectivity index (χ0n) is 12.4. The quantitative estimate of drug-likeness (QED) is 0.748. The van der Waals surface area contributed by atoms with Crippen molar-refractivity contribution in [3.8, 4) is 0 Å². The standard InChI is InChI=1S/C14H23F2N3O2/c1-2-17-11-5-3-10(4-6-11)14-18-13(19-21-14)7-8-20-9-12(15)16/h10-12,17H,2-9H2,1H3. The van der Waals surface area contributed by atoms with E-state index in [2.05, 4.69) is 22.4 Å². The Morgan fingerprint density at radius 2 is 2.10 bits per heavy atom. The van der Waals surface area contributed by atoms with Gasteiger partial charge in [-0.3, -0.25) is 0 Å². The molecule has 0 amide bonds. The molecule has 1 fully saturated rings. The van der Waals surface area contributed by atoms with E-state index in [1.807, 2.05) is 0 Å². The molecule has 0 atom stereocenters. The summed E-state index contributed by atoms with van der Waals surface area (Å²) >= 11 is 0. The molecule has 1 aromatic heterocycles. The molecule has 0 aliphatic heterocycles. The van der Waals surface area contributed by atoms with Crippen LogP contribution in [0.3, 0.4) is 0 Å². The molecular weight excluding hydrogens is 280 g/mol. The smallest absolute Gasteiger partial charge is 0.261 e. The van der Waals surface area contributed by atoms with Crippen LogP contribution in [0.15, 0.2) is 4.52 Å². The lowest BCUT2D eigenvalue weighted by Gasteiger charge is -2.26. The van der Waals surface area contributed by atoms with Crippen LogP contribution in [0.4, 0.5) is 8.78 Å². The first-order valence-electron chi connectivity index (χ1n) is 7.60. The zero-order valence-corrected chi connectivity index (χ0v) is 12.4. The summed E-state index contributed by atoms with van der Waals surface area (Å²) in [5.41, 5.74) is 0. The third-order valence-electron chi connectivity index (χ3n) is 3.77. The summed E-state index contributed by atoms with van der Waals surface area (Å²) in [6, 6.07) is 0.594. The van der Waals surface area contributed by atoms with Gasteiger partial charge in [0.05, 0.1) is 6.61 Å². The highest BCUT2D eigenvalue weighted by molar-refractivity contribution is 4.97. The first-order chi connectivity index (χ1) is 10.2. The van der Waals surface area contributed by atoms with Gasteiger partial charge < -0.3 is 14.6 Å². The van der Waals surface area contributed by atoms with Gasteiger partial charge >= 0.3 is 0 Å². The van der Waals surface area contributed by atoms with Crippen LogP contribution in [0.5, 0.6) is 0 Å². The molecule has 120 valence electrons. The van der Waals surface area contributed by atoms with Gasteiger partial charge in [-0.25, -0.2) is 8.78 Å². The van der Waals surface area contributed by atoms with Crippen molar-refractivity contribution in [3.63, 3.8) is 0 Å². The van der Waals surface area contributed by atoms with E-state index in [0.717, 1.165) is 32.2 Å². The number of halogens is 2. The van der Waals surface area contributed by atoms with Crippen molar-refractivity contribution in [1.82, 2.24) is 15.5 Å². The summed E-state index contributed by atoms with van der Waals surface area (Å²) in [7, 11) is 0. The fourth-order valence-electron chi connectivity index (χ4n) is 2.70. The van der Waals surface area contributed by atoms with Crippen LogP contribution >= 0.6 is 0 Å². The van der Waals surface area contributed by atoms with Gasteiger partial charge in [0, 0.05) is 18.4 Å². The molecule has 1 aromatic rings. The average Bonchev–Trinajstić information content (AvgIpc) is 2.93. The minimum absolute atomic E-state index is 0.191. The van der Waals surface area contributed by atoms with E-state index >= 15 is 0 Å². The lowest BCUT2D eigenvalue weighted by Crippen LogP contribution is -2.32. The number of rotatable bonds is 8. The monoisotopic (exact) mass is 303 g/mol. The van der Waals surface area contributed by atoms with Crippen molar-refractivity contribution in [3.05, 3.63) is 11.7 Å². The SMILES string of the molecule is CCNC1CCC(c2nc(CCOCC(F)F)no2)CC1. The van der Waals surface area contributed by atoms with E-state index in [1.165, 1.54) is 0 Å². The fourth-order valence-corrected chi connectivity index (χ4v) is 2.70. The normalized spacial score (nSPS) is 22.9. The van der Waals surface area contributed by atoms with E-state index < -0.39 is 13.0 Å². The van der Waals surface area contributed by atoms with Crippen LogP contribution in [0.1, 0.15) is 50.2 Å². The van der Waals surface area contributed by atoms with Crippen molar-refractivity contribution >= 4 is 0 Å². The van der Waals surface area contributed by atoms with E-state index in [9.17, 15) is 8.78 Å². The molecule has 1 aliphatic carbocycles. The second kappa shape index (κ2) is 8.38. The minimum Gasteiger partial charge on any atom is -0.375 e. The number of hydrogen-bond donors (Lipinski definition) is 1. The molecule has 5 nitrogen and oxygen atoms in total. The average molecular weight is 303 g/mol. The van der Waals surface area contributed by atoms with Gasteiger partial charge in [-0.15, -0.1) is 0 Å². The van der Waals surface area contributed by atoms with E-state index in [-0.39, 0.29) is 6.61 Å². The maximum atomic E-state index is 11.9. The number of nitrogens with zero attached hydrogens (tertiary/aromatic N) is 2. The Hall–Kier alpha value is -1.08. The summed E-state index contributed by atoms with van der Waals surface area (Å²) in [5.74, 6) is 1.53. The van der Waals surface area contributed by atoms with Gasteiger partial charge in [0.2, 0.25) is 5.89 Å². The Morgan fingerprint density at radius 1 is 1.33 bits per heavy atom. The molecule has 1 heterocycles. The number of nitrogens with one attached hydrogen (secondary N) is 1. The summed E-state index contributed by atoms with van der Waals surface area (Å²) in [6.07, 6.45) is 2.30. The fraction of sp³-hybridized carbons (Fsp3) is 0.857. The Morgan fingerprint density at radius 3 is 2.76 bits per heavy atom. The van der Waals surface area contributed by atoms with Gasteiger partial charge in [0.25, 0.3) is 6.43 Å². The molecule has 0 spiro atoms. The molecule has 0 unspecified atom stereocenters. The summed E-state index contributed by atoms with van der Waals surface area (Å²) in [4.78, 5) is 4.36. The topological polar surface area (TPSA) is 60.2 Å². The summed E-state index contributed by atoms with van der Waals surface area (Å²) < 4.78 is 33.9. The molecule has 1 aliphatic rings. The first kappa shape index (κ1) is 16.3. The zero-order chi connectivity index (χ0) is 15.1. The lowest BCUT2D eigenvalue weighted by atomic mass is 9.86. The molecule has 2 rings (SSSR count). The Kier molecular flexibility index (Phi) is 6.50. The molecule has 1 saturated carbocycles. The van der Waals surface area contributed by atoms with Gasteiger partial charge in [0.1, 0.15) is 6.61 Å². The Bertz CT molecular complexity index is 407. The molecule has 7 heteroatoms. The van der Waals surface area contributed by atoms with E-state index in [1.54, 1.807) is 0 Å². The number of ether oxygens (including phenoxy) is 1. The minimum atomic E-state index is -2.43. The van der Waals surface area contributed by atoms with Crippen molar-refractivity contribution in [2.45, 2.75) is 57.4 Å². The molecule has 21 heavy (non-hydrogen) atoms. The second-order valence-corrected chi connectivity index (χ2v) is 5.37. The van der Waals surface area contributed by atoms with Crippen LogP contribution in [0.25, 0.3) is 0 Å². The van der Waals surface area contributed by atoms with Crippen molar-refractivity contribution in [2.75, 3.05) is 19.8 Å². The highest BCUT2D eigenvalue weighted by Crippen LogP contribution is 2.31. The van der Waals surface area contributed by atoms with Crippen LogP contribution < -0.4 is 5.32 Å². The third-order valence-corrected chi connectivity index (χ3v) is 3.77. The van der Waals surface area contributed by atoms with E-state index in [0.29, 0.717) is 30.1 Å². The van der Waals surface area contributed by atoms with Gasteiger partial charge in [-0.05, 0) is 32.2 Å². The summed E-state index contributed by atoms with van der Waals surface area (Å²) in [6.45, 7) is 2.76. The highest BCUT2D eigenvalue weighted by atomic mass is 19.3. The van der Waals surface area contributed by atoms with Crippen LogP contribution in [-0.2, 0) is 11.2 Å². The van der Waals surface area contributed by atoms with Crippen molar-refractivity contribution < 1.29 is 18.0 Å². The Balaban J connectivity index is 1.73. The lowest BCUT2D eigenvalue weighted by molar-refractivity contribution is 0.0182. The van der Waals surface area contributed by atoms with Crippen LogP contribution in [0.2, 0.25) is 0 Å². The summed E-state index contributed by atoms with van der Waals surface area (Å²) in [5, 5.41) is 7.35. The highest BCUT2D eigenvalue weighted by Gasteiger charge is 2.25. The van der Waals surface area contributed by atoms with Crippen LogP contribution in [-0.4, -0.2) is 42.4 Å². The third kappa shape index (κ3) is 5.32. The van der Waals surface area contributed by atoms with Crippen LogP contribution in [0, 0.1) is 0 Å². The largest absolute Gasteiger partial charge is 0.375 e. The van der Waals surface area contributed by atoms with Gasteiger partial charge in [-0.2, -0.15) is 4.98 Å². The molecular formula is C14H23F2N3O2. The molecule has 0 radical (unpaired) electrons. The molecule has 0 bridgehead atoms. The predicted molar refractivity (Wildman–Crippen MR) is 73.5 cm³/mol. The second-order valence-electron chi connectivity index (χ2n) is 5.37. The number of hydrogen-bond acceptors (Lipinski definition) is 5. The first-order valence-corrected chi connectivity index (χ1v) is 7.60. The predicted octanol–water partition coefficient (Wildman–Crippen LogP) is 2.53. The van der Waals surface area contributed by atoms with Crippen molar-refractivity contribution in [2.24, 2.45) is 0 Å². The van der Waals surface area contributed by atoms with Crippen molar-refractivity contribution in [1.29, 1.82) is 0 Å². The molecule has 0 saturated heterocycles. The van der Waals surface area contributed by atoms with Gasteiger partial charge in [0.15, 0.2) is 5.82 Å². The van der Waals surface area contributed by atoms with Gasteiger partial charge in [-0.1, -0.05) is 12.1 Å². The molecule has 0 aromatic carbocycles. The molecule has 1 N–H and O–H groups in total. The number of aromatic nitrogens is 2. The Labute approximate surface area is 123 Å². The number of alkyl halides is 2. The van der Waals surface area contributed by atoms with E-state index in [4.69, 9.17) is 9.26 Å². The maximum Gasteiger partial charge on any atom is 0.261 e.